The van der Waals surface area contributed by atoms with Crippen LogP contribution in [0.4, 0.5) is 0 Å². The van der Waals surface area contributed by atoms with Crippen molar-refractivity contribution in [1.82, 2.24) is 0 Å². The molecule has 0 amide bonds. The van der Waals surface area contributed by atoms with Crippen molar-refractivity contribution < 1.29 is 19.1 Å². The van der Waals surface area contributed by atoms with Crippen LogP contribution in [0, 0.1) is 0 Å². The highest BCUT2D eigenvalue weighted by Gasteiger charge is 2.38. The summed E-state index contributed by atoms with van der Waals surface area (Å²) in [5.74, 6) is -0.663. The molecule has 0 radical (unpaired) electrons. The van der Waals surface area contributed by atoms with E-state index in [-0.39, 0.29) is 18.3 Å². The van der Waals surface area contributed by atoms with Gasteiger partial charge in [0.15, 0.2) is 14.4 Å². The van der Waals surface area contributed by atoms with E-state index in [9.17, 15) is 9.90 Å². The van der Waals surface area contributed by atoms with Crippen LogP contribution in [0.5, 0.6) is 0 Å². The number of rotatable bonds is 6. The molecule has 0 unspecified atom stereocenters. The van der Waals surface area contributed by atoms with Gasteiger partial charge in [0.05, 0.1) is 6.61 Å². The zero-order valence-electron chi connectivity index (χ0n) is 11.4. The average Bonchev–Trinajstić information content (AvgIpc) is 2.20. The van der Waals surface area contributed by atoms with Gasteiger partial charge in [-0.25, -0.2) is 4.79 Å². The molecule has 0 saturated carbocycles. The average molecular weight is 260 g/mol. The molecule has 0 heterocycles. The predicted molar refractivity (Wildman–Crippen MR) is 70.3 cm³/mol. The Balaban J connectivity index is 4.19. The summed E-state index contributed by atoms with van der Waals surface area (Å²) in [4.78, 5) is 11.3. The van der Waals surface area contributed by atoms with Crippen LogP contribution in [-0.4, -0.2) is 38.7 Å². The lowest BCUT2D eigenvalue weighted by molar-refractivity contribution is -0.153. The SMILES string of the molecule is C=CCOC(=O)[C@@H](O)CO[Si](C)(C)C(C)(C)C. The summed E-state index contributed by atoms with van der Waals surface area (Å²) < 4.78 is 10.5. The summed E-state index contributed by atoms with van der Waals surface area (Å²) >= 11 is 0. The number of esters is 1. The lowest BCUT2D eigenvalue weighted by atomic mass is 10.2. The van der Waals surface area contributed by atoms with E-state index in [0.29, 0.717) is 0 Å². The Kier molecular flexibility index (Phi) is 6.08. The fourth-order valence-electron chi connectivity index (χ4n) is 0.809. The summed E-state index contributed by atoms with van der Waals surface area (Å²) in [5, 5.41) is 9.62. The van der Waals surface area contributed by atoms with Crippen LogP contribution in [0.2, 0.25) is 18.1 Å². The molecule has 0 saturated heterocycles. The first kappa shape index (κ1) is 16.3. The second kappa shape index (κ2) is 6.33. The van der Waals surface area contributed by atoms with Crippen LogP contribution in [0.1, 0.15) is 20.8 Å². The van der Waals surface area contributed by atoms with Gasteiger partial charge in [0.1, 0.15) is 6.61 Å². The molecule has 0 spiro atoms. The molecule has 0 aromatic rings. The van der Waals surface area contributed by atoms with E-state index >= 15 is 0 Å². The van der Waals surface area contributed by atoms with Gasteiger partial charge in [0.25, 0.3) is 0 Å². The third-order valence-corrected chi connectivity index (χ3v) is 7.52. The molecule has 100 valence electrons. The molecule has 1 atom stereocenters. The molecule has 17 heavy (non-hydrogen) atoms. The first-order valence-electron chi connectivity index (χ1n) is 5.71. The minimum absolute atomic E-state index is 0.00747. The van der Waals surface area contributed by atoms with Crippen molar-refractivity contribution in [1.29, 1.82) is 0 Å². The standard InChI is InChI=1S/C12H24O4Si/c1-7-8-15-11(14)10(13)9-16-17(5,6)12(2,3)4/h7,10,13H,1,8-9H2,2-6H3/t10-/m0/s1. The third-order valence-electron chi connectivity index (χ3n) is 3.02. The van der Waals surface area contributed by atoms with Crippen LogP contribution >= 0.6 is 0 Å². The number of aliphatic hydroxyl groups is 1. The van der Waals surface area contributed by atoms with Crippen molar-refractivity contribution in [3.63, 3.8) is 0 Å². The molecule has 4 nitrogen and oxygen atoms in total. The number of hydrogen-bond acceptors (Lipinski definition) is 4. The maximum Gasteiger partial charge on any atom is 0.337 e. The van der Waals surface area contributed by atoms with E-state index in [1.54, 1.807) is 0 Å². The maximum absolute atomic E-state index is 11.3. The Hall–Kier alpha value is -0.653. The zero-order valence-corrected chi connectivity index (χ0v) is 12.4. The molecular formula is C12H24O4Si. The van der Waals surface area contributed by atoms with E-state index in [0.717, 1.165) is 0 Å². The lowest BCUT2D eigenvalue weighted by Crippen LogP contribution is -2.44. The summed E-state index contributed by atoms with van der Waals surface area (Å²) in [6.07, 6.45) is 0.239. The lowest BCUT2D eigenvalue weighted by Gasteiger charge is -2.36. The number of ether oxygens (including phenoxy) is 1. The second-order valence-corrected chi connectivity index (χ2v) is 10.3. The Morgan fingerprint density at radius 3 is 2.41 bits per heavy atom. The van der Waals surface area contributed by atoms with E-state index < -0.39 is 20.4 Å². The van der Waals surface area contributed by atoms with Crippen LogP contribution in [-0.2, 0) is 14.0 Å². The van der Waals surface area contributed by atoms with Crippen molar-refractivity contribution in [2.24, 2.45) is 0 Å². The largest absolute Gasteiger partial charge is 0.459 e. The molecule has 0 aliphatic carbocycles. The fourth-order valence-corrected chi connectivity index (χ4v) is 1.82. The Morgan fingerprint density at radius 2 is 2.00 bits per heavy atom. The van der Waals surface area contributed by atoms with Gasteiger partial charge >= 0.3 is 5.97 Å². The van der Waals surface area contributed by atoms with E-state index in [2.05, 4.69) is 40.4 Å². The molecule has 0 aromatic carbocycles. The Labute approximate surface area is 105 Å². The zero-order chi connectivity index (χ0) is 13.7. The number of hydrogen-bond donors (Lipinski definition) is 1. The van der Waals surface area contributed by atoms with Crippen molar-refractivity contribution in [2.75, 3.05) is 13.2 Å². The minimum atomic E-state index is -1.93. The van der Waals surface area contributed by atoms with E-state index in [1.807, 2.05) is 0 Å². The minimum Gasteiger partial charge on any atom is -0.459 e. The van der Waals surface area contributed by atoms with Gasteiger partial charge in [-0.3, -0.25) is 0 Å². The summed E-state index contributed by atoms with van der Waals surface area (Å²) in [7, 11) is -1.93. The molecular weight excluding hydrogens is 236 g/mol. The number of aliphatic hydroxyl groups excluding tert-OH is 1. The van der Waals surface area contributed by atoms with Gasteiger partial charge in [-0.15, -0.1) is 0 Å². The molecule has 0 aliphatic heterocycles. The fraction of sp³-hybridized carbons (Fsp3) is 0.750. The molecule has 0 aliphatic rings. The summed E-state index contributed by atoms with van der Waals surface area (Å²) in [6, 6.07) is 0. The molecule has 5 heteroatoms. The highest BCUT2D eigenvalue weighted by Crippen LogP contribution is 2.36. The molecule has 0 rings (SSSR count). The highest BCUT2D eigenvalue weighted by atomic mass is 28.4. The van der Waals surface area contributed by atoms with Gasteiger partial charge < -0.3 is 14.3 Å². The van der Waals surface area contributed by atoms with Crippen LogP contribution in [0.25, 0.3) is 0 Å². The van der Waals surface area contributed by atoms with Crippen molar-refractivity contribution in [3.8, 4) is 0 Å². The third kappa shape index (κ3) is 5.47. The monoisotopic (exact) mass is 260 g/mol. The van der Waals surface area contributed by atoms with Crippen LogP contribution in [0.3, 0.4) is 0 Å². The maximum atomic E-state index is 11.3. The van der Waals surface area contributed by atoms with Gasteiger partial charge in [-0.2, -0.15) is 0 Å². The van der Waals surface area contributed by atoms with E-state index in [4.69, 9.17) is 9.16 Å². The second-order valence-electron chi connectivity index (χ2n) is 5.51. The topological polar surface area (TPSA) is 55.8 Å². The smallest absolute Gasteiger partial charge is 0.337 e. The number of carbonyl (C=O) groups excluding carboxylic acids is 1. The molecule has 0 fully saturated rings. The van der Waals surface area contributed by atoms with Crippen LogP contribution < -0.4 is 0 Å². The van der Waals surface area contributed by atoms with Crippen molar-refractivity contribution >= 4 is 14.3 Å². The van der Waals surface area contributed by atoms with Gasteiger partial charge in [-0.1, -0.05) is 33.4 Å². The molecule has 0 bridgehead atoms. The molecule has 0 aromatic heterocycles. The summed E-state index contributed by atoms with van der Waals surface area (Å²) in [5.41, 5.74) is 0. The normalized spacial score (nSPS) is 14.2. The first-order chi connectivity index (χ1) is 7.62. The quantitative estimate of drug-likeness (QED) is 0.451. The van der Waals surface area contributed by atoms with Gasteiger partial charge in [-0.05, 0) is 18.1 Å². The Bertz CT molecular complexity index is 268. The molecule has 1 N–H and O–H groups in total. The van der Waals surface area contributed by atoms with Gasteiger partial charge in [0, 0.05) is 0 Å². The van der Waals surface area contributed by atoms with Crippen molar-refractivity contribution in [3.05, 3.63) is 12.7 Å². The summed E-state index contributed by atoms with van der Waals surface area (Å²) in [6.45, 7) is 14.0. The Morgan fingerprint density at radius 1 is 1.47 bits per heavy atom. The first-order valence-corrected chi connectivity index (χ1v) is 8.62. The predicted octanol–water partition coefficient (Wildman–Crippen LogP) is 2.10. The highest BCUT2D eigenvalue weighted by molar-refractivity contribution is 6.74. The van der Waals surface area contributed by atoms with E-state index in [1.165, 1.54) is 6.08 Å². The van der Waals surface area contributed by atoms with Crippen LogP contribution in [0.15, 0.2) is 12.7 Å². The van der Waals surface area contributed by atoms with Crippen molar-refractivity contribution in [2.45, 2.75) is 45.0 Å². The number of carbonyl (C=O) groups is 1. The van der Waals surface area contributed by atoms with Gasteiger partial charge in [0.2, 0.25) is 0 Å².